The highest BCUT2D eigenvalue weighted by molar-refractivity contribution is 7.09. The van der Waals surface area contributed by atoms with Gasteiger partial charge in [0.1, 0.15) is 12.4 Å². The number of aromatic nitrogens is 1. The predicted octanol–water partition coefficient (Wildman–Crippen LogP) is 4.36. The first-order valence-corrected chi connectivity index (χ1v) is 9.21. The molecule has 0 aliphatic heterocycles. The second kappa shape index (κ2) is 8.97. The van der Waals surface area contributed by atoms with Crippen molar-refractivity contribution in [3.63, 3.8) is 0 Å². The van der Waals surface area contributed by atoms with Gasteiger partial charge in [-0.1, -0.05) is 42.5 Å². The normalized spacial score (nSPS) is 10.8. The Bertz CT molecular complexity index is 871. The second-order valence-electron chi connectivity index (χ2n) is 5.75. The van der Waals surface area contributed by atoms with E-state index in [0.29, 0.717) is 13.2 Å². The number of nitrogens with one attached hydrogen (secondary N) is 1. The molecular formula is C21H20N2O2S. The van der Waals surface area contributed by atoms with Crippen LogP contribution in [0.15, 0.2) is 66.1 Å². The number of benzene rings is 2. The number of ether oxygens (including phenoxy) is 1. The molecule has 0 saturated heterocycles. The monoisotopic (exact) mass is 364 g/mol. The van der Waals surface area contributed by atoms with Gasteiger partial charge in [-0.05, 0) is 36.3 Å². The maximum absolute atomic E-state index is 11.9. The van der Waals surface area contributed by atoms with Crippen molar-refractivity contribution in [1.82, 2.24) is 10.3 Å². The van der Waals surface area contributed by atoms with Gasteiger partial charge >= 0.3 is 0 Å². The molecule has 2 aromatic carbocycles. The van der Waals surface area contributed by atoms with E-state index >= 15 is 0 Å². The van der Waals surface area contributed by atoms with Crippen LogP contribution in [0.2, 0.25) is 0 Å². The highest BCUT2D eigenvalue weighted by atomic mass is 32.1. The van der Waals surface area contributed by atoms with Crippen LogP contribution in [0.3, 0.4) is 0 Å². The molecule has 0 radical (unpaired) electrons. The highest BCUT2D eigenvalue weighted by Crippen LogP contribution is 2.16. The average Bonchev–Trinajstić information content (AvgIpc) is 3.10. The van der Waals surface area contributed by atoms with Gasteiger partial charge in [0, 0.05) is 18.0 Å². The smallest absolute Gasteiger partial charge is 0.244 e. The Balaban J connectivity index is 1.47. The minimum Gasteiger partial charge on any atom is -0.487 e. The molecule has 0 fully saturated rings. The molecule has 0 aliphatic rings. The fourth-order valence-electron chi connectivity index (χ4n) is 2.32. The lowest BCUT2D eigenvalue weighted by Gasteiger charge is -2.04. The maximum atomic E-state index is 11.9. The topological polar surface area (TPSA) is 51.2 Å². The molecule has 0 bridgehead atoms. The number of nitrogens with zero attached hydrogens (tertiary/aromatic N) is 1. The van der Waals surface area contributed by atoms with E-state index in [2.05, 4.69) is 10.3 Å². The van der Waals surface area contributed by atoms with E-state index < -0.39 is 0 Å². The number of amides is 1. The first kappa shape index (κ1) is 17.9. The summed E-state index contributed by atoms with van der Waals surface area (Å²) in [6.45, 7) is 2.96. The molecule has 3 rings (SSSR count). The number of aryl methyl sites for hydroxylation is 1. The van der Waals surface area contributed by atoms with Crippen molar-refractivity contribution in [2.45, 2.75) is 20.1 Å². The molecular weight excluding hydrogens is 344 g/mol. The quantitative estimate of drug-likeness (QED) is 0.634. The first-order chi connectivity index (χ1) is 12.7. The minimum absolute atomic E-state index is 0.118. The number of hydrogen-bond acceptors (Lipinski definition) is 4. The van der Waals surface area contributed by atoms with Gasteiger partial charge in [-0.25, -0.2) is 4.98 Å². The molecule has 0 atom stereocenters. The maximum Gasteiger partial charge on any atom is 0.244 e. The summed E-state index contributed by atoms with van der Waals surface area (Å²) in [7, 11) is 0. The zero-order valence-electron chi connectivity index (χ0n) is 14.5. The zero-order chi connectivity index (χ0) is 18.2. The molecule has 3 aromatic rings. The molecule has 0 spiro atoms. The predicted molar refractivity (Wildman–Crippen MR) is 105 cm³/mol. The molecule has 26 heavy (non-hydrogen) atoms. The van der Waals surface area contributed by atoms with Crippen LogP contribution in [0.1, 0.15) is 21.8 Å². The summed E-state index contributed by atoms with van der Waals surface area (Å²) in [6, 6.07) is 17.4. The lowest BCUT2D eigenvalue weighted by Crippen LogP contribution is -2.20. The van der Waals surface area contributed by atoms with Crippen molar-refractivity contribution in [3.05, 3.63) is 87.9 Å². The molecule has 0 unspecified atom stereocenters. The Kier molecular flexibility index (Phi) is 6.17. The van der Waals surface area contributed by atoms with Crippen molar-refractivity contribution >= 4 is 23.3 Å². The van der Waals surface area contributed by atoms with Crippen molar-refractivity contribution in [3.8, 4) is 5.75 Å². The van der Waals surface area contributed by atoms with Gasteiger partial charge in [0.05, 0.1) is 10.7 Å². The van der Waals surface area contributed by atoms with Crippen LogP contribution in [0.5, 0.6) is 5.75 Å². The van der Waals surface area contributed by atoms with Crippen LogP contribution >= 0.6 is 11.3 Å². The molecule has 132 valence electrons. The summed E-state index contributed by atoms with van der Waals surface area (Å²) >= 11 is 1.62. The fourth-order valence-corrected chi connectivity index (χ4v) is 2.92. The first-order valence-electron chi connectivity index (χ1n) is 8.33. The Hall–Kier alpha value is -2.92. The third kappa shape index (κ3) is 5.57. The lowest BCUT2D eigenvalue weighted by molar-refractivity contribution is -0.116. The molecule has 1 amide bonds. The van der Waals surface area contributed by atoms with Crippen LogP contribution in [-0.2, 0) is 17.9 Å². The van der Waals surface area contributed by atoms with E-state index in [-0.39, 0.29) is 5.91 Å². The van der Waals surface area contributed by atoms with Gasteiger partial charge in [-0.2, -0.15) is 0 Å². The van der Waals surface area contributed by atoms with Gasteiger partial charge in [0.15, 0.2) is 0 Å². The van der Waals surface area contributed by atoms with E-state index in [4.69, 9.17) is 4.74 Å². The van der Waals surface area contributed by atoms with E-state index in [0.717, 1.165) is 27.6 Å². The van der Waals surface area contributed by atoms with Crippen molar-refractivity contribution in [1.29, 1.82) is 0 Å². The van der Waals surface area contributed by atoms with Crippen LogP contribution < -0.4 is 10.1 Å². The molecule has 0 saturated carbocycles. The van der Waals surface area contributed by atoms with Gasteiger partial charge in [-0.15, -0.1) is 11.3 Å². The summed E-state index contributed by atoms with van der Waals surface area (Å²) in [4.78, 5) is 16.3. The van der Waals surface area contributed by atoms with Crippen LogP contribution in [0.4, 0.5) is 0 Å². The minimum atomic E-state index is -0.118. The van der Waals surface area contributed by atoms with E-state index in [1.807, 2.05) is 66.9 Å². The van der Waals surface area contributed by atoms with Crippen LogP contribution in [0, 0.1) is 6.92 Å². The average molecular weight is 364 g/mol. The number of carbonyl (C=O) groups is 1. The summed E-state index contributed by atoms with van der Waals surface area (Å²) in [6.07, 6.45) is 3.32. The Morgan fingerprint density at radius 1 is 1.15 bits per heavy atom. The third-order valence-electron chi connectivity index (χ3n) is 3.67. The molecule has 4 nitrogen and oxygen atoms in total. The van der Waals surface area contributed by atoms with Crippen LogP contribution in [-0.4, -0.2) is 10.9 Å². The van der Waals surface area contributed by atoms with E-state index in [1.54, 1.807) is 17.4 Å². The summed E-state index contributed by atoms with van der Waals surface area (Å²) in [5.74, 6) is 0.661. The van der Waals surface area contributed by atoms with E-state index in [9.17, 15) is 4.79 Å². The van der Waals surface area contributed by atoms with Gasteiger partial charge < -0.3 is 10.1 Å². The van der Waals surface area contributed by atoms with Gasteiger partial charge in [0.2, 0.25) is 5.91 Å². The standard InChI is InChI=1S/C21H20N2O2S/c1-16-23-19(15-26-16)14-25-20-10-7-17(8-11-20)9-12-21(24)22-13-18-5-3-2-4-6-18/h2-12,15H,13-14H2,1H3,(H,22,24)/b12-9+. The number of thiazole rings is 1. The molecule has 0 aliphatic carbocycles. The number of carbonyl (C=O) groups excluding carboxylic acids is 1. The lowest BCUT2D eigenvalue weighted by atomic mass is 10.2. The van der Waals surface area contributed by atoms with Crippen LogP contribution in [0.25, 0.3) is 6.08 Å². The van der Waals surface area contributed by atoms with Crippen molar-refractivity contribution in [2.75, 3.05) is 0 Å². The second-order valence-corrected chi connectivity index (χ2v) is 6.81. The molecule has 1 aromatic heterocycles. The Labute approximate surface area is 157 Å². The largest absolute Gasteiger partial charge is 0.487 e. The van der Waals surface area contributed by atoms with Crippen molar-refractivity contribution in [2.24, 2.45) is 0 Å². The SMILES string of the molecule is Cc1nc(COc2ccc(/C=C/C(=O)NCc3ccccc3)cc2)cs1. The zero-order valence-corrected chi connectivity index (χ0v) is 15.3. The number of hydrogen-bond donors (Lipinski definition) is 1. The molecule has 1 N–H and O–H groups in total. The highest BCUT2D eigenvalue weighted by Gasteiger charge is 2.00. The van der Waals surface area contributed by atoms with Gasteiger partial charge in [-0.3, -0.25) is 4.79 Å². The summed E-state index contributed by atoms with van der Waals surface area (Å²) in [5.41, 5.74) is 2.95. The fraction of sp³-hybridized carbons (Fsp3) is 0.143. The summed E-state index contributed by atoms with van der Waals surface area (Å²) < 4.78 is 5.71. The van der Waals surface area contributed by atoms with E-state index in [1.165, 1.54) is 6.08 Å². The van der Waals surface area contributed by atoms with Crippen molar-refractivity contribution < 1.29 is 9.53 Å². The third-order valence-corrected chi connectivity index (χ3v) is 4.49. The summed E-state index contributed by atoms with van der Waals surface area (Å²) in [5, 5.41) is 5.90. The molecule has 1 heterocycles. The van der Waals surface area contributed by atoms with Gasteiger partial charge in [0.25, 0.3) is 0 Å². The Morgan fingerprint density at radius 3 is 2.62 bits per heavy atom. The number of rotatable bonds is 7. The Morgan fingerprint density at radius 2 is 1.92 bits per heavy atom. The molecule has 5 heteroatoms.